The van der Waals surface area contributed by atoms with E-state index < -0.39 is 0 Å². The zero-order chi connectivity index (χ0) is 19.1. The number of benzene rings is 1. The van der Waals surface area contributed by atoms with E-state index in [4.69, 9.17) is 9.47 Å². The third-order valence-electron chi connectivity index (χ3n) is 6.76. The maximum atomic E-state index is 12.9. The number of nitrogens with one attached hydrogen (secondary N) is 1. The zero-order valence-electron chi connectivity index (χ0n) is 16.2. The van der Waals surface area contributed by atoms with Crippen molar-refractivity contribution < 1.29 is 19.1 Å². The van der Waals surface area contributed by atoms with Gasteiger partial charge in [-0.05, 0) is 49.3 Å². The van der Waals surface area contributed by atoms with Crippen molar-refractivity contribution in [2.75, 3.05) is 19.9 Å². The lowest BCUT2D eigenvalue weighted by atomic mass is 9.97. The number of amides is 2. The standard InChI is InChI=1S/C22H28N2O4/c25-21(10-14-5-8-19-20(9-14)28-13-27-19)23-18-12-24(11-17(18)15-6-7-15)22(26)16-3-1-2-4-16/h5,8-9,15-18H,1-4,6-7,10-13H2,(H,23,25)/t17-,18+/m1/s1. The van der Waals surface area contributed by atoms with Crippen LogP contribution in [0.25, 0.3) is 0 Å². The number of nitrogens with zero attached hydrogens (tertiary/aromatic N) is 1. The second-order valence-corrected chi connectivity index (χ2v) is 8.76. The fourth-order valence-electron chi connectivity index (χ4n) is 5.09. The van der Waals surface area contributed by atoms with Crippen LogP contribution in [-0.2, 0) is 16.0 Å². The number of carbonyl (C=O) groups excluding carboxylic acids is 2. The van der Waals surface area contributed by atoms with Crippen LogP contribution in [-0.4, -0.2) is 42.6 Å². The minimum atomic E-state index is 0.0182. The molecule has 2 aliphatic carbocycles. The fraction of sp³-hybridized carbons (Fsp3) is 0.636. The van der Waals surface area contributed by atoms with E-state index in [-0.39, 0.29) is 24.7 Å². The molecule has 0 unspecified atom stereocenters. The van der Waals surface area contributed by atoms with Gasteiger partial charge in [0.2, 0.25) is 18.6 Å². The summed E-state index contributed by atoms with van der Waals surface area (Å²) in [6.07, 6.45) is 7.18. The minimum Gasteiger partial charge on any atom is -0.454 e. The zero-order valence-corrected chi connectivity index (χ0v) is 16.2. The molecule has 4 aliphatic rings. The monoisotopic (exact) mass is 384 g/mol. The SMILES string of the molecule is O=C(Cc1ccc2c(c1)OCO2)N[C@H]1CN(C(=O)C2CCCC2)C[C@@H]1C1CC1. The van der Waals surface area contributed by atoms with Gasteiger partial charge in [0.1, 0.15) is 0 Å². The Hall–Kier alpha value is -2.24. The first kappa shape index (κ1) is 17.8. The number of fused-ring (bicyclic) bond motifs is 1. The summed E-state index contributed by atoms with van der Waals surface area (Å²) in [7, 11) is 0. The Kier molecular flexibility index (Phi) is 4.65. The molecule has 5 rings (SSSR count). The molecule has 0 aromatic heterocycles. The predicted octanol–water partition coefficient (Wildman–Crippen LogP) is 2.50. The van der Waals surface area contributed by atoms with E-state index in [0.717, 1.165) is 30.7 Å². The maximum Gasteiger partial charge on any atom is 0.231 e. The van der Waals surface area contributed by atoms with E-state index in [1.165, 1.54) is 25.7 Å². The molecular formula is C22H28N2O4. The van der Waals surface area contributed by atoms with E-state index >= 15 is 0 Å². The van der Waals surface area contributed by atoms with Gasteiger partial charge in [0.15, 0.2) is 11.5 Å². The molecule has 1 saturated heterocycles. The van der Waals surface area contributed by atoms with Gasteiger partial charge in [-0.15, -0.1) is 0 Å². The van der Waals surface area contributed by atoms with Gasteiger partial charge in [0.05, 0.1) is 12.5 Å². The molecular weight excluding hydrogens is 356 g/mol. The van der Waals surface area contributed by atoms with Crippen LogP contribution in [0.3, 0.4) is 0 Å². The number of carbonyl (C=O) groups is 2. The molecule has 6 nitrogen and oxygen atoms in total. The molecule has 1 aromatic carbocycles. The molecule has 6 heteroatoms. The van der Waals surface area contributed by atoms with Crippen LogP contribution in [0.1, 0.15) is 44.1 Å². The maximum absolute atomic E-state index is 12.9. The van der Waals surface area contributed by atoms with E-state index in [0.29, 0.717) is 36.5 Å². The van der Waals surface area contributed by atoms with Crippen molar-refractivity contribution in [3.63, 3.8) is 0 Å². The van der Waals surface area contributed by atoms with Crippen LogP contribution in [0.4, 0.5) is 0 Å². The van der Waals surface area contributed by atoms with Gasteiger partial charge in [-0.3, -0.25) is 9.59 Å². The molecule has 28 heavy (non-hydrogen) atoms. The highest BCUT2D eigenvalue weighted by atomic mass is 16.7. The largest absolute Gasteiger partial charge is 0.454 e. The number of hydrogen-bond acceptors (Lipinski definition) is 4. The fourth-order valence-corrected chi connectivity index (χ4v) is 5.09. The minimum absolute atomic E-state index is 0.0182. The van der Waals surface area contributed by atoms with Crippen molar-refractivity contribution in [3.05, 3.63) is 23.8 Å². The van der Waals surface area contributed by atoms with Gasteiger partial charge in [-0.1, -0.05) is 18.9 Å². The first-order valence-corrected chi connectivity index (χ1v) is 10.6. The molecule has 0 spiro atoms. The number of ether oxygens (including phenoxy) is 2. The van der Waals surface area contributed by atoms with Crippen LogP contribution in [0.15, 0.2) is 18.2 Å². The van der Waals surface area contributed by atoms with Crippen LogP contribution in [0, 0.1) is 17.8 Å². The molecule has 2 heterocycles. The second-order valence-electron chi connectivity index (χ2n) is 8.76. The van der Waals surface area contributed by atoms with Gasteiger partial charge in [0, 0.05) is 24.9 Å². The molecule has 0 bridgehead atoms. The summed E-state index contributed by atoms with van der Waals surface area (Å²) in [4.78, 5) is 27.6. The van der Waals surface area contributed by atoms with Crippen LogP contribution < -0.4 is 14.8 Å². The highest BCUT2D eigenvalue weighted by molar-refractivity contribution is 5.81. The quantitative estimate of drug-likeness (QED) is 0.847. The smallest absolute Gasteiger partial charge is 0.231 e. The van der Waals surface area contributed by atoms with Crippen molar-refractivity contribution >= 4 is 11.8 Å². The van der Waals surface area contributed by atoms with Crippen molar-refractivity contribution in [2.24, 2.45) is 17.8 Å². The van der Waals surface area contributed by atoms with E-state index in [9.17, 15) is 9.59 Å². The highest BCUT2D eigenvalue weighted by Crippen LogP contribution is 2.42. The van der Waals surface area contributed by atoms with Gasteiger partial charge in [-0.25, -0.2) is 0 Å². The molecule has 2 aliphatic heterocycles. The highest BCUT2D eigenvalue weighted by Gasteiger charge is 2.45. The van der Waals surface area contributed by atoms with E-state index in [1.54, 1.807) is 0 Å². The normalized spacial score (nSPS) is 26.6. The summed E-state index contributed by atoms with van der Waals surface area (Å²) < 4.78 is 10.7. The lowest BCUT2D eigenvalue weighted by Gasteiger charge is -2.20. The van der Waals surface area contributed by atoms with Gasteiger partial charge in [0.25, 0.3) is 0 Å². The molecule has 2 atom stereocenters. The average Bonchev–Trinajstić information content (AvgIpc) is 3.11. The van der Waals surface area contributed by atoms with Crippen LogP contribution in [0.2, 0.25) is 0 Å². The Morgan fingerprint density at radius 2 is 1.82 bits per heavy atom. The Morgan fingerprint density at radius 3 is 2.61 bits per heavy atom. The summed E-state index contributed by atoms with van der Waals surface area (Å²) in [6, 6.07) is 5.73. The third-order valence-corrected chi connectivity index (χ3v) is 6.76. The Bertz CT molecular complexity index is 770. The molecule has 150 valence electrons. The lowest BCUT2D eigenvalue weighted by Crippen LogP contribution is -2.42. The van der Waals surface area contributed by atoms with Gasteiger partial charge >= 0.3 is 0 Å². The van der Waals surface area contributed by atoms with Crippen molar-refractivity contribution in [1.29, 1.82) is 0 Å². The molecule has 1 aromatic rings. The van der Waals surface area contributed by atoms with E-state index in [1.807, 2.05) is 23.1 Å². The topological polar surface area (TPSA) is 67.9 Å². The summed E-state index contributed by atoms with van der Waals surface area (Å²) in [6.45, 7) is 1.72. The number of likely N-dealkylation sites (tertiary alicyclic amines) is 1. The number of rotatable bonds is 5. The third kappa shape index (κ3) is 3.56. The van der Waals surface area contributed by atoms with Crippen LogP contribution >= 0.6 is 0 Å². The average molecular weight is 384 g/mol. The van der Waals surface area contributed by atoms with Gasteiger partial charge in [-0.2, -0.15) is 0 Å². The Morgan fingerprint density at radius 1 is 1.04 bits per heavy atom. The first-order chi connectivity index (χ1) is 13.7. The molecule has 1 N–H and O–H groups in total. The summed E-state index contributed by atoms with van der Waals surface area (Å²) in [5.41, 5.74) is 0.918. The second kappa shape index (κ2) is 7.30. The molecule has 3 fully saturated rings. The van der Waals surface area contributed by atoms with Gasteiger partial charge < -0.3 is 19.7 Å². The predicted molar refractivity (Wildman–Crippen MR) is 103 cm³/mol. The van der Waals surface area contributed by atoms with E-state index in [2.05, 4.69) is 5.32 Å². The molecule has 2 saturated carbocycles. The Labute approximate surface area is 165 Å². The first-order valence-electron chi connectivity index (χ1n) is 10.6. The molecule has 2 amide bonds. The van der Waals surface area contributed by atoms with Crippen molar-refractivity contribution in [2.45, 2.75) is 51.0 Å². The summed E-state index contributed by atoms with van der Waals surface area (Å²) >= 11 is 0. The number of hydrogen-bond donors (Lipinski definition) is 1. The lowest BCUT2D eigenvalue weighted by molar-refractivity contribution is -0.134. The Balaban J connectivity index is 1.21. The van der Waals surface area contributed by atoms with Crippen molar-refractivity contribution in [3.8, 4) is 11.5 Å². The molecule has 0 radical (unpaired) electrons. The summed E-state index contributed by atoms with van der Waals surface area (Å²) in [5.74, 6) is 3.05. The summed E-state index contributed by atoms with van der Waals surface area (Å²) in [5, 5.41) is 3.24. The van der Waals surface area contributed by atoms with Crippen molar-refractivity contribution in [1.82, 2.24) is 10.2 Å². The van der Waals surface area contributed by atoms with Crippen LogP contribution in [0.5, 0.6) is 11.5 Å².